The Kier molecular flexibility index (Phi) is 9.06. The predicted molar refractivity (Wildman–Crippen MR) is 118 cm³/mol. The maximum absolute atomic E-state index is 11.2. The Morgan fingerprint density at radius 1 is 1.19 bits per heavy atom. The van der Waals surface area contributed by atoms with Crippen LogP contribution in [0.15, 0.2) is 60.9 Å². The lowest BCUT2D eigenvalue weighted by Gasteiger charge is -2.37. The van der Waals surface area contributed by atoms with Gasteiger partial charge in [0.1, 0.15) is 5.75 Å². The number of benzene rings is 1. The quantitative estimate of drug-likeness (QED) is 0.314. The minimum absolute atomic E-state index is 0.133. The average Bonchev–Trinajstić information content (AvgIpc) is 2.82. The first-order chi connectivity index (χ1) is 15.2. The van der Waals surface area contributed by atoms with Gasteiger partial charge in [0.2, 0.25) is 0 Å². The zero-order chi connectivity index (χ0) is 21.9. The number of esters is 1. The maximum Gasteiger partial charge on any atom is 0.305 e. The van der Waals surface area contributed by atoms with Gasteiger partial charge in [0.15, 0.2) is 6.29 Å². The molecular weight excluding hydrogens is 394 g/mol. The lowest BCUT2D eigenvalue weighted by Crippen LogP contribution is -2.36. The molecule has 1 aromatic heterocycles. The van der Waals surface area contributed by atoms with Crippen LogP contribution in [-0.4, -0.2) is 38.1 Å². The molecule has 0 bridgehead atoms. The molecule has 0 saturated carbocycles. The molecule has 3 atom stereocenters. The lowest BCUT2D eigenvalue weighted by atomic mass is 9.91. The summed E-state index contributed by atoms with van der Waals surface area (Å²) in [6.07, 6.45) is 10.9. The van der Waals surface area contributed by atoms with Crippen LogP contribution in [-0.2, 0) is 25.4 Å². The fourth-order valence-corrected chi connectivity index (χ4v) is 3.73. The molecular formula is C25H31NO5. The summed E-state index contributed by atoms with van der Waals surface area (Å²) in [5, 5.41) is 0. The average molecular weight is 426 g/mol. The number of hydrogen-bond donors (Lipinski definition) is 0. The Labute approximate surface area is 184 Å². The molecule has 1 aliphatic heterocycles. The highest BCUT2D eigenvalue weighted by atomic mass is 16.7. The van der Waals surface area contributed by atoms with E-state index < -0.39 is 0 Å². The Balaban J connectivity index is 1.65. The second-order valence-electron chi connectivity index (χ2n) is 7.56. The predicted octanol–water partition coefficient (Wildman–Crippen LogP) is 4.65. The van der Waals surface area contributed by atoms with Crippen molar-refractivity contribution in [1.82, 2.24) is 4.98 Å². The van der Waals surface area contributed by atoms with Gasteiger partial charge >= 0.3 is 5.97 Å². The first kappa shape index (κ1) is 23.0. The standard InChI is InChI=1S/C25H31NO5/c1-28-22-13-8-7-12-21(22)25-20(11-5-3-4-6-14-23(27)29-2)18-30-24(31-25)16-19-10-9-15-26-17-19/h3,5,7-10,12-13,15,17,20,24-25H,4,6,11,14,16,18H2,1-2H3/b5-3-. The molecule has 0 amide bonds. The van der Waals surface area contributed by atoms with E-state index in [1.54, 1.807) is 13.3 Å². The molecule has 6 heteroatoms. The van der Waals surface area contributed by atoms with Gasteiger partial charge in [0.25, 0.3) is 0 Å². The number of pyridine rings is 1. The molecule has 0 aliphatic carbocycles. The van der Waals surface area contributed by atoms with Crippen LogP contribution in [0.5, 0.6) is 5.75 Å². The first-order valence-corrected chi connectivity index (χ1v) is 10.7. The van der Waals surface area contributed by atoms with Crippen molar-refractivity contribution in [2.24, 2.45) is 5.92 Å². The van der Waals surface area contributed by atoms with Crippen molar-refractivity contribution in [2.75, 3.05) is 20.8 Å². The lowest BCUT2D eigenvalue weighted by molar-refractivity contribution is -0.238. The highest BCUT2D eigenvalue weighted by Crippen LogP contribution is 2.39. The second-order valence-corrected chi connectivity index (χ2v) is 7.56. The number of carbonyl (C=O) groups is 1. The number of ether oxygens (including phenoxy) is 4. The van der Waals surface area contributed by atoms with Crippen LogP contribution in [0.1, 0.15) is 42.9 Å². The summed E-state index contributed by atoms with van der Waals surface area (Å²) in [6.45, 7) is 0.597. The van der Waals surface area contributed by atoms with Crippen LogP contribution in [0.4, 0.5) is 0 Å². The maximum atomic E-state index is 11.2. The van der Waals surface area contributed by atoms with E-state index in [0.717, 1.165) is 36.1 Å². The molecule has 1 fully saturated rings. The van der Waals surface area contributed by atoms with Gasteiger partial charge in [-0.15, -0.1) is 0 Å². The molecule has 166 valence electrons. The van der Waals surface area contributed by atoms with E-state index in [9.17, 15) is 4.79 Å². The number of rotatable bonds is 10. The molecule has 3 rings (SSSR count). The van der Waals surface area contributed by atoms with Crippen molar-refractivity contribution in [3.05, 3.63) is 72.1 Å². The van der Waals surface area contributed by atoms with Gasteiger partial charge < -0.3 is 18.9 Å². The van der Waals surface area contributed by atoms with Crippen LogP contribution >= 0.6 is 0 Å². The van der Waals surface area contributed by atoms with Crippen LogP contribution in [0.3, 0.4) is 0 Å². The van der Waals surface area contributed by atoms with Crippen LogP contribution in [0, 0.1) is 5.92 Å². The zero-order valence-corrected chi connectivity index (χ0v) is 18.2. The number of para-hydroxylation sites is 1. The van der Waals surface area contributed by atoms with E-state index in [0.29, 0.717) is 19.4 Å². The summed E-state index contributed by atoms with van der Waals surface area (Å²) < 4.78 is 22.8. The number of aromatic nitrogens is 1. The van der Waals surface area contributed by atoms with Crippen LogP contribution < -0.4 is 4.74 Å². The minimum atomic E-state index is -0.334. The topological polar surface area (TPSA) is 66.9 Å². The molecule has 6 nitrogen and oxygen atoms in total. The third kappa shape index (κ3) is 6.91. The highest BCUT2D eigenvalue weighted by Gasteiger charge is 2.34. The molecule has 1 saturated heterocycles. The highest BCUT2D eigenvalue weighted by molar-refractivity contribution is 5.69. The van der Waals surface area contributed by atoms with E-state index in [4.69, 9.17) is 14.2 Å². The molecule has 1 aromatic carbocycles. The van der Waals surface area contributed by atoms with Crippen molar-refractivity contribution in [2.45, 2.75) is 44.5 Å². The van der Waals surface area contributed by atoms with Crippen LogP contribution in [0.2, 0.25) is 0 Å². The van der Waals surface area contributed by atoms with Crippen molar-refractivity contribution in [3.8, 4) is 5.75 Å². The number of methoxy groups -OCH3 is 2. The van der Waals surface area contributed by atoms with Gasteiger partial charge in [-0.05, 0) is 37.0 Å². The Bertz CT molecular complexity index is 839. The molecule has 1 aliphatic rings. The summed E-state index contributed by atoms with van der Waals surface area (Å²) in [6, 6.07) is 11.9. The normalized spacial score (nSPS) is 21.2. The van der Waals surface area contributed by atoms with Gasteiger partial charge in [0.05, 0.1) is 26.9 Å². The molecule has 0 radical (unpaired) electrons. The minimum Gasteiger partial charge on any atom is -0.496 e. The van der Waals surface area contributed by atoms with E-state index in [2.05, 4.69) is 27.9 Å². The van der Waals surface area contributed by atoms with Crippen molar-refractivity contribution >= 4 is 5.97 Å². The van der Waals surface area contributed by atoms with Gasteiger partial charge in [-0.2, -0.15) is 0 Å². The van der Waals surface area contributed by atoms with Crippen molar-refractivity contribution in [3.63, 3.8) is 0 Å². The molecule has 31 heavy (non-hydrogen) atoms. The zero-order valence-electron chi connectivity index (χ0n) is 18.2. The van der Waals surface area contributed by atoms with Gasteiger partial charge in [-0.25, -0.2) is 0 Å². The fraction of sp³-hybridized carbons (Fsp3) is 0.440. The molecule has 2 heterocycles. The number of allylic oxidation sites excluding steroid dienone is 2. The summed E-state index contributed by atoms with van der Waals surface area (Å²) in [4.78, 5) is 15.4. The summed E-state index contributed by atoms with van der Waals surface area (Å²) in [5.74, 6) is 0.818. The summed E-state index contributed by atoms with van der Waals surface area (Å²) in [5.41, 5.74) is 2.11. The molecule has 2 aromatic rings. The molecule has 3 unspecified atom stereocenters. The summed E-state index contributed by atoms with van der Waals surface area (Å²) >= 11 is 0. The smallest absolute Gasteiger partial charge is 0.305 e. The largest absolute Gasteiger partial charge is 0.496 e. The SMILES string of the molecule is COC(=O)CCC/C=C\CC1COC(Cc2cccnc2)OC1c1ccccc1OC. The second kappa shape index (κ2) is 12.2. The van der Waals surface area contributed by atoms with Crippen LogP contribution in [0.25, 0.3) is 0 Å². The van der Waals surface area contributed by atoms with Gasteiger partial charge in [-0.1, -0.05) is 36.4 Å². The van der Waals surface area contributed by atoms with Crippen molar-refractivity contribution in [1.29, 1.82) is 0 Å². The van der Waals surface area contributed by atoms with E-state index in [-0.39, 0.29) is 24.3 Å². The van der Waals surface area contributed by atoms with Crippen molar-refractivity contribution < 1.29 is 23.7 Å². The first-order valence-electron chi connectivity index (χ1n) is 10.7. The Hall–Kier alpha value is -2.70. The molecule has 0 spiro atoms. The van der Waals surface area contributed by atoms with Gasteiger partial charge in [0, 0.05) is 36.7 Å². The molecule has 0 N–H and O–H groups in total. The van der Waals surface area contributed by atoms with E-state index in [1.807, 2.05) is 36.5 Å². The Morgan fingerprint density at radius 3 is 2.84 bits per heavy atom. The number of nitrogens with zero attached hydrogens (tertiary/aromatic N) is 1. The van der Waals surface area contributed by atoms with E-state index in [1.165, 1.54) is 7.11 Å². The van der Waals surface area contributed by atoms with Gasteiger partial charge in [-0.3, -0.25) is 9.78 Å². The van der Waals surface area contributed by atoms with E-state index >= 15 is 0 Å². The fourth-order valence-electron chi connectivity index (χ4n) is 3.73. The summed E-state index contributed by atoms with van der Waals surface area (Å²) in [7, 11) is 3.10. The number of unbranched alkanes of at least 4 members (excludes halogenated alkanes) is 1. The third-order valence-corrected chi connectivity index (χ3v) is 5.38. The Morgan fingerprint density at radius 2 is 2.06 bits per heavy atom. The third-order valence-electron chi connectivity index (χ3n) is 5.38. The number of carbonyl (C=O) groups excluding carboxylic acids is 1. The number of hydrogen-bond acceptors (Lipinski definition) is 6. The monoisotopic (exact) mass is 425 g/mol.